The number of ether oxygens (including phenoxy) is 1. The number of ketones is 1. The number of esters is 1. The Morgan fingerprint density at radius 3 is 2.38 bits per heavy atom. The summed E-state index contributed by atoms with van der Waals surface area (Å²) in [6.45, 7) is 5.26. The third kappa shape index (κ3) is 4.13. The molecule has 0 saturated heterocycles. The van der Waals surface area contributed by atoms with Gasteiger partial charge in [-0.15, -0.1) is 0 Å². The van der Waals surface area contributed by atoms with Gasteiger partial charge in [-0.05, 0) is 57.2 Å². The van der Waals surface area contributed by atoms with Crippen LogP contribution >= 0.6 is 0 Å². The summed E-state index contributed by atoms with van der Waals surface area (Å²) < 4.78 is 32.6. The normalized spacial score (nSPS) is 15.3. The average molecular weight is 419 g/mol. The van der Waals surface area contributed by atoms with E-state index in [0.717, 1.165) is 12.8 Å². The van der Waals surface area contributed by atoms with Crippen LogP contribution in [0.5, 0.6) is 0 Å². The van der Waals surface area contributed by atoms with Crippen molar-refractivity contribution in [2.75, 3.05) is 13.7 Å². The third-order valence-corrected chi connectivity index (χ3v) is 7.32. The number of rotatable bonds is 8. The van der Waals surface area contributed by atoms with E-state index in [0.29, 0.717) is 23.4 Å². The van der Waals surface area contributed by atoms with Crippen LogP contribution in [0.25, 0.3) is 0 Å². The van der Waals surface area contributed by atoms with Crippen molar-refractivity contribution in [2.24, 2.45) is 5.92 Å². The van der Waals surface area contributed by atoms with Crippen LogP contribution in [0.4, 0.5) is 0 Å². The van der Waals surface area contributed by atoms with Crippen molar-refractivity contribution in [1.29, 1.82) is 0 Å². The number of methoxy groups -OCH3 is 1. The summed E-state index contributed by atoms with van der Waals surface area (Å²) in [4.78, 5) is 28.4. The summed E-state index contributed by atoms with van der Waals surface area (Å²) in [5.74, 6) is -0.640. The summed E-state index contributed by atoms with van der Waals surface area (Å²) in [6.07, 6.45) is 1.91. The highest BCUT2D eigenvalue weighted by molar-refractivity contribution is 7.89. The number of Topliss-reactive ketones (excluding diaryl/α,β-unsaturated/α-hetero) is 1. The first kappa shape index (κ1) is 21.3. The number of hydrogen-bond donors (Lipinski definition) is 1. The molecule has 0 amide bonds. The summed E-state index contributed by atoms with van der Waals surface area (Å²) in [6, 6.07) is 7.25. The topological polar surface area (TPSA) is 96.5 Å². The molecule has 8 heteroatoms. The van der Waals surface area contributed by atoms with Gasteiger partial charge in [-0.3, -0.25) is 4.79 Å². The Hall–Kier alpha value is -2.45. The van der Waals surface area contributed by atoms with Gasteiger partial charge in [-0.2, -0.15) is 4.31 Å². The summed E-state index contributed by atoms with van der Waals surface area (Å²) in [5.41, 5.74) is 1.53. The van der Waals surface area contributed by atoms with Crippen LogP contribution in [0.3, 0.4) is 0 Å². The van der Waals surface area contributed by atoms with E-state index in [1.54, 1.807) is 39.0 Å². The molecule has 0 unspecified atom stereocenters. The van der Waals surface area contributed by atoms with Crippen molar-refractivity contribution in [3.63, 3.8) is 0 Å². The summed E-state index contributed by atoms with van der Waals surface area (Å²) in [7, 11) is -2.57. The van der Waals surface area contributed by atoms with E-state index in [1.165, 1.54) is 23.5 Å². The molecule has 1 N–H and O–H groups in total. The molecule has 0 bridgehead atoms. The van der Waals surface area contributed by atoms with E-state index < -0.39 is 22.0 Å². The molecule has 2 aromatic rings. The molecule has 1 heterocycles. The van der Waals surface area contributed by atoms with Crippen LogP contribution in [0, 0.1) is 19.8 Å². The number of H-pyrrole nitrogens is 1. The lowest BCUT2D eigenvalue weighted by molar-refractivity contribution is 0.0594. The molecule has 1 aliphatic rings. The molecule has 1 atom stereocenters. The number of nitrogens with one attached hydrogen (secondary N) is 1. The molecule has 3 rings (SSSR count). The maximum atomic E-state index is 13.4. The zero-order valence-corrected chi connectivity index (χ0v) is 17.9. The SMILES string of the molecule is COC(=O)c1[nH]c(C)c(C(=O)[C@H](C)N(CC2CC2)S(=O)(=O)c2ccccc2)c1C. The van der Waals surface area contributed by atoms with E-state index in [4.69, 9.17) is 4.74 Å². The monoisotopic (exact) mass is 418 g/mol. The minimum absolute atomic E-state index is 0.165. The predicted molar refractivity (Wildman–Crippen MR) is 108 cm³/mol. The van der Waals surface area contributed by atoms with Crippen molar-refractivity contribution in [2.45, 2.75) is 44.6 Å². The second-order valence-corrected chi connectivity index (χ2v) is 9.38. The minimum atomic E-state index is -3.84. The molecular weight excluding hydrogens is 392 g/mol. The zero-order chi connectivity index (χ0) is 21.3. The largest absolute Gasteiger partial charge is 0.464 e. The van der Waals surface area contributed by atoms with Crippen LogP contribution in [-0.2, 0) is 14.8 Å². The van der Waals surface area contributed by atoms with Gasteiger partial charge in [0.25, 0.3) is 0 Å². The van der Waals surface area contributed by atoms with Gasteiger partial charge < -0.3 is 9.72 Å². The number of sulfonamides is 1. The molecule has 0 radical (unpaired) electrons. The summed E-state index contributed by atoms with van der Waals surface area (Å²) in [5, 5.41) is 0. The second kappa shape index (κ2) is 8.12. The number of carbonyl (C=O) groups is 2. The van der Waals surface area contributed by atoms with E-state index in [-0.39, 0.29) is 22.3 Å². The first-order valence-electron chi connectivity index (χ1n) is 9.57. The minimum Gasteiger partial charge on any atom is -0.464 e. The number of aromatic nitrogens is 1. The van der Waals surface area contributed by atoms with Gasteiger partial charge in [-0.25, -0.2) is 13.2 Å². The summed E-state index contributed by atoms with van der Waals surface area (Å²) >= 11 is 0. The Kier molecular flexibility index (Phi) is 5.95. The highest BCUT2D eigenvalue weighted by Crippen LogP contribution is 2.33. The van der Waals surface area contributed by atoms with Gasteiger partial charge in [0.1, 0.15) is 5.69 Å². The molecule has 0 aliphatic heterocycles. The number of aryl methyl sites for hydroxylation is 1. The Balaban J connectivity index is 1.99. The Morgan fingerprint density at radius 1 is 1.21 bits per heavy atom. The molecule has 1 fully saturated rings. The van der Waals surface area contributed by atoms with Gasteiger partial charge in [0.2, 0.25) is 10.0 Å². The fourth-order valence-electron chi connectivity index (χ4n) is 3.51. The van der Waals surface area contributed by atoms with E-state index in [1.807, 2.05) is 0 Å². The molecule has 0 spiro atoms. The van der Waals surface area contributed by atoms with Gasteiger partial charge in [0.05, 0.1) is 18.0 Å². The average Bonchev–Trinajstić information content (AvgIpc) is 3.48. The van der Waals surface area contributed by atoms with Crippen molar-refractivity contribution in [1.82, 2.24) is 9.29 Å². The number of nitrogens with zero attached hydrogens (tertiary/aromatic N) is 1. The Labute approximate surface area is 171 Å². The van der Waals surface area contributed by atoms with Crippen LogP contribution < -0.4 is 0 Å². The second-order valence-electron chi connectivity index (χ2n) is 7.49. The first-order valence-corrected chi connectivity index (χ1v) is 11.0. The molecular formula is C21H26N2O5S. The van der Waals surface area contributed by atoms with Crippen molar-refractivity contribution in [3.8, 4) is 0 Å². The molecule has 1 aliphatic carbocycles. The number of aromatic amines is 1. The van der Waals surface area contributed by atoms with Crippen LogP contribution in [0.2, 0.25) is 0 Å². The zero-order valence-electron chi connectivity index (χ0n) is 17.1. The standard InChI is InChI=1S/C21H26N2O5S/c1-13-18(14(2)22-19(13)21(25)28-4)20(24)15(3)23(12-16-10-11-16)29(26,27)17-8-6-5-7-9-17/h5-9,15-16,22H,10-12H2,1-4H3/t15-/m0/s1. The highest BCUT2D eigenvalue weighted by Gasteiger charge is 2.39. The van der Waals surface area contributed by atoms with Crippen LogP contribution in [0.15, 0.2) is 35.2 Å². The molecule has 29 heavy (non-hydrogen) atoms. The first-order chi connectivity index (χ1) is 13.7. The van der Waals surface area contributed by atoms with Crippen LogP contribution in [-0.4, -0.2) is 49.2 Å². The third-order valence-electron chi connectivity index (χ3n) is 5.37. The van der Waals surface area contributed by atoms with Crippen molar-refractivity contribution < 1.29 is 22.7 Å². The predicted octanol–water partition coefficient (Wildman–Crippen LogP) is 3.09. The number of benzene rings is 1. The van der Waals surface area contributed by atoms with Gasteiger partial charge in [-0.1, -0.05) is 18.2 Å². The molecule has 7 nitrogen and oxygen atoms in total. The maximum absolute atomic E-state index is 13.4. The van der Waals surface area contributed by atoms with E-state index in [9.17, 15) is 18.0 Å². The number of carbonyl (C=O) groups excluding carboxylic acids is 2. The smallest absolute Gasteiger partial charge is 0.354 e. The number of hydrogen-bond acceptors (Lipinski definition) is 5. The quantitative estimate of drug-likeness (QED) is 0.525. The highest BCUT2D eigenvalue weighted by atomic mass is 32.2. The van der Waals surface area contributed by atoms with Gasteiger partial charge in [0.15, 0.2) is 5.78 Å². The Bertz CT molecular complexity index is 1020. The van der Waals surface area contributed by atoms with Gasteiger partial charge >= 0.3 is 5.97 Å². The fourth-order valence-corrected chi connectivity index (χ4v) is 5.20. The van der Waals surface area contributed by atoms with Crippen molar-refractivity contribution >= 4 is 21.8 Å². The van der Waals surface area contributed by atoms with Crippen LogP contribution in [0.1, 0.15) is 51.9 Å². The molecule has 1 saturated carbocycles. The molecule has 1 aromatic carbocycles. The fraction of sp³-hybridized carbons (Fsp3) is 0.429. The van der Waals surface area contributed by atoms with E-state index >= 15 is 0 Å². The lowest BCUT2D eigenvalue weighted by atomic mass is 10.0. The molecule has 156 valence electrons. The van der Waals surface area contributed by atoms with E-state index in [2.05, 4.69) is 4.98 Å². The lowest BCUT2D eigenvalue weighted by Crippen LogP contribution is -2.44. The van der Waals surface area contributed by atoms with Crippen molar-refractivity contribution in [3.05, 3.63) is 52.8 Å². The lowest BCUT2D eigenvalue weighted by Gasteiger charge is -2.28. The Morgan fingerprint density at radius 2 is 1.83 bits per heavy atom. The van der Waals surface area contributed by atoms with Gasteiger partial charge in [0, 0.05) is 17.8 Å². The molecule has 1 aromatic heterocycles. The maximum Gasteiger partial charge on any atom is 0.354 e.